The van der Waals surface area contributed by atoms with E-state index in [1.807, 2.05) is 24.9 Å². The molecule has 2 atom stereocenters. The standard InChI is InChI=1S/C9H11NOS/c1-6-8(10(2)9(6)11)7-4-3-5-12-7/h3-6,8H,1-2H3/t6-,8-/m1/s1. The Morgan fingerprint density at radius 3 is 2.83 bits per heavy atom. The van der Waals surface area contributed by atoms with Gasteiger partial charge in [-0.1, -0.05) is 13.0 Å². The van der Waals surface area contributed by atoms with E-state index in [-0.39, 0.29) is 11.8 Å². The number of hydrogen-bond acceptors (Lipinski definition) is 2. The molecular weight excluding hydrogens is 170 g/mol. The summed E-state index contributed by atoms with van der Waals surface area (Å²) < 4.78 is 0. The van der Waals surface area contributed by atoms with E-state index >= 15 is 0 Å². The van der Waals surface area contributed by atoms with Crippen molar-refractivity contribution in [3.63, 3.8) is 0 Å². The van der Waals surface area contributed by atoms with Crippen molar-refractivity contribution >= 4 is 17.2 Å². The van der Waals surface area contributed by atoms with Crippen LogP contribution in [0.5, 0.6) is 0 Å². The maximum atomic E-state index is 11.2. The first-order valence-corrected chi connectivity index (χ1v) is 4.90. The summed E-state index contributed by atoms with van der Waals surface area (Å²) in [7, 11) is 1.87. The van der Waals surface area contributed by atoms with Gasteiger partial charge in [0.05, 0.1) is 12.0 Å². The molecule has 0 aliphatic carbocycles. The van der Waals surface area contributed by atoms with Crippen LogP contribution in [-0.4, -0.2) is 17.9 Å². The van der Waals surface area contributed by atoms with Gasteiger partial charge in [-0.25, -0.2) is 0 Å². The van der Waals surface area contributed by atoms with Gasteiger partial charge in [-0.05, 0) is 11.4 Å². The van der Waals surface area contributed by atoms with Crippen LogP contribution in [0.15, 0.2) is 17.5 Å². The predicted molar refractivity (Wildman–Crippen MR) is 49.0 cm³/mol. The van der Waals surface area contributed by atoms with Crippen molar-refractivity contribution in [1.29, 1.82) is 0 Å². The Morgan fingerprint density at radius 2 is 2.33 bits per heavy atom. The number of likely N-dealkylation sites (tertiary alicyclic amines) is 1. The van der Waals surface area contributed by atoms with Gasteiger partial charge in [-0.2, -0.15) is 0 Å². The van der Waals surface area contributed by atoms with Crippen LogP contribution >= 0.6 is 11.3 Å². The van der Waals surface area contributed by atoms with Gasteiger partial charge < -0.3 is 4.90 Å². The second-order valence-corrected chi connectivity index (χ2v) is 4.18. The average Bonchev–Trinajstić information content (AvgIpc) is 2.57. The first kappa shape index (κ1) is 7.80. The van der Waals surface area contributed by atoms with Crippen molar-refractivity contribution in [2.45, 2.75) is 13.0 Å². The summed E-state index contributed by atoms with van der Waals surface area (Å²) in [5, 5.41) is 2.05. The lowest BCUT2D eigenvalue weighted by atomic mass is 9.89. The summed E-state index contributed by atoms with van der Waals surface area (Å²) in [5.41, 5.74) is 0. The Balaban J connectivity index is 2.22. The molecule has 1 saturated heterocycles. The molecule has 2 heterocycles. The fraction of sp³-hybridized carbons (Fsp3) is 0.444. The highest BCUT2D eigenvalue weighted by molar-refractivity contribution is 7.10. The smallest absolute Gasteiger partial charge is 0.228 e. The Bertz CT molecular complexity index is 281. The second-order valence-electron chi connectivity index (χ2n) is 3.20. The van der Waals surface area contributed by atoms with Crippen molar-refractivity contribution in [3.05, 3.63) is 22.4 Å². The minimum absolute atomic E-state index is 0.175. The van der Waals surface area contributed by atoms with Crippen molar-refractivity contribution in [2.24, 2.45) is 5.92 Å². The molecule has 1 aliphatic rings. The van der Waals surface area contributed by atoms with Gasteiger partial charge in [0.2, 0.25) is 5.91 Å². The van der Waals surface area contributed by atoms with Gasteiger partial charge in [-0.3, -0.25) is 4.79 Å². The van der Waals surface area contributed by atoms with E-state index in [1.165, 1.54) is 4.88 Å². The molecule has 0 unspecified atom stereocenters. The molecular formula is C9H11NOS. The zero-order valence-corrected chi connectivity index (χ0v) is 7.97. The quantitative estimate of drug-likeness (QED) is 0.606. The number of amides is 1. The Kier molecular flexibility index (Phi) is 1.68. The van der Waals surface area contributed by atoms with E-state index < -0.39 is 0 Å². The Morgan fingerprint density at radius 1 is 1.58 bits per heavy atom. The van der Waals surface area contributed by atoms with Crippen LogP contribution in [0.25, 0.3) is 0 Å². The number of nitrogens with zero attached hydrogens (tertiary/aromatic N) is 1. The molecule has 64 valence electrons. The fourth-order valence-corrected chi connectivity index (χ4v) is 2.72. The Hall–Kier alpha value is -0.830. The highest BCUT2D eigenvalue weighted by atomic mass is 32.1. The average molecular weight is 181 g/mol. The fourth-order valence-electron chi connectivity index (χ4n) is 1.74. The summed E-state index contributed by atoms with van der Waals surface area (Å²) in [4.78, 5) is 14.3. The van der Waals surface area contributed by atoms with Crippen molar-refractivity contribution < 1.29 is 4.79 Å². The number of hydrogen-bond donors (Lipinski definition) is 0. The van der Waals surface area contributed by atoms with E-state index in [0.29, 0.717) is 6.04 Å². The summed E-state index contributed by atoms with van der Waals surface area (Å²) >= 11 is 1.72. The first-order valence-electron chi connectivity index (χ1n) is 4.02. The molecule has 2 rings (SSSR count). The molecule has 1 aliphatic heterocycles. The lowest BCUT2D eigenvalue weighted by Gasteiger charge is -2.42. The molecule has 3 heteroatoms. The molecule has 0 spiro atoms. The summed E-state index contributed by atoms with van der Waals surface area (Å²) in [5.74, 6) is 0.432. The van der Waals surface area contributed by atoms with Gasteiger partial charge >= 0.3 is 0 Å². The van der Waals surface area contributed by atoms with E-state index in [1.54, 1.807) is 11.3 Å². The Labute approximate surface area is 75.8 Å². The molecule has 1 amide bonds. The molecule has 0 N–H and O–H groups in total. The minimum atomic E-state index is 0.175. The van der Waals surface area contributed by atoms with Crippen LogP contribution in [-0.2, 0) is 4.79 Å². The van der Waals surface area contributed by atoms with E-state index in [9.17, 15) is 4.79 Å². The van der Waals surface area contributed by atoms with Gasteiger partial charge in [0, 0.05) is 11.9 Å². The third kappa shape index (κ3) is 0.894. The number of carbonyl (C=O) groups is 1. The number of rotatable bonds is 1. The van der Waals surface area contributed by atoms with Crippen LogP contribution in [0.2, 0.25) is 0 Å². The monoisotopic (exact) mass is 181 g/mol. The van der Waals surface area contributed by atoms with Crippen molar-refractivity contribution in [1.82, 2.24) is 4.90 Å². The van der Waals surface area contributed by atoms with Gasteiger partial charge in [0.15, 0.2) is 0 Å². The van der Waals surface area contributed by atoms with E-state index in [2.05, 4.69) is 11.4 Å². The topological polar surface area (TPSA) is 20.3 Å². The minimum Gasteiger partial charge on any atom is -0.337 e. The zero-order chi connectivity index (χ0) is 8.72. The largest absolute Gasteiger partial charge is 0.337 e. The molecule has 1 aromatic heterocycles. The maximum absolute atomic E-state index is 11.2. The second kappa shape index (κ2) is 2.59. The molecule has 0 bridgehead atoms. The van der Waals surface area contributed by atoms with Crippen molar-refractivity contribution in [3.8, 4) is 0 Å². The lowest BCUT2D eigenvalue weighted by molar-refractivity contribution is -0.152. The molecule has 2 nitrogen and oxygen atoms in total. The highest BCUT2D eigenvalue weighted by Gasteiger charge is 2.42. The van der Waals surface area contributed by atoms with Crippen LogP contribution in [0.1, 0.15) is 17.8 Å². The molecule has 0 radical (unpaired) electrons. The SMILES string of the molecule is C[C@H]1C(=O)N(C)[C@H]1c1cccs1. The van der Waals surface area contributed by atoms with E-state index in [4.69, 9.17) is 0 Å². The van der Waals surface area contributed by atoms with Crippen molar-refractivity contribution in [2.75, 3.05) is 7.05 Å². The number of carbonyl (C=O) groups excluding carboxylic acids is 1. The zero-order valence-electron chi connectivity index (χ0n) is 7.15. The molecule has 12 heavy (non-hydrogen) atoms. The molecule has 1 aromatic rings. The summed E-state index contributed by atoms with van der Waals surface area (Å²) in [6.07, 6.45) is 0. The predicted octanol–water partition coefficient (Wildman–Crippen LogP) is 1.90. The van der Waals surface area contributed by atoms with Crippen LogP contribution < -0.4 is 0 Å². The molecule has 0 aromatic carbocycles. The van der Waals surface area contributed by atoms with Crippen LogP contribution in [0.3, 0.4) is 0 Å². The highest BCUT2D eigenvalue weighted by Crippen LogP contribution is 2.39. The lowest BCUT2D eigenvalue weighted by Crippen LogP contribution is -2.50. The normalized spacial score (nSPS) is 28.8. The number of β-lactam (4-membered cyclic amide) rings is 1. The third-order valence-electron chi connectivity index (χ3n) is 2.46. The number of thiophene rings is 1. The van der Waals surface area contributed by atoms with Gasteiger partial charge in [0.1, 0.15) is 0 Å². The van der Waals surface area contributed by atoms with Gasteiger partial charge in [-0.15, -0.1) is 11.3 Å². The van der Waals surface area contributed by atoms with Crippen LogP contribution in [0, 0.1) is 5.92 Å². The van der Waals surface area contributed by atoms with Gasteiger partial charge in [0.25, 0.3) is 0 Å². The van der Waals surface area contributed by atoms with Crippen LogP contribution in [0.4, 0.5) is 0 Å². The molecule has 1 fully saturated rings. The molecule has 0 saturated carbocycles. The first-order chi connectivity index (χ1) is 5.72. The maximum Gasteiger partial charge on any atom is 0.228 e. The summed E-state index contributed by atoms with van der Waals surface area (Å²) in [6, 6.07) is 4.45. The summed E-state index contributed by atoms with van der Waals surface area (Å²) in [6.45, 7) is 1.99. The third-order valence-corrected chi connectivity index (χ3v) is 3.41. The van der Waals surface area contributed by atoms with E-state index in [0.717, 1.165) is 0 Å².